The Labute approximate surface area is 194 Å². The first-order chi connectivity index (χ1) is 14.3. The van der Waals surface area contributed by atoms with Crippen LogP contribution in [0.4, 0.5) is 5.82 Å². The molecule has 1 saturated heterocycles. The van der Waals surface area contributed by atoms with E-state index in [1.54, 1.807) is 6.20 Å². The second kappa shape index (κ2) is 11.0. The van der Waals surface area contributed by atoms with Crippen LogP contribution in [0, 0.1) is 0 Å². The van der Waals surface area contributed by atoms with Gasteiger partial charge in [-0.2, -0.15) is 5.10 Å². The highest BCUT2D eigenvalue weighted by Crippen LogP contribution is 2.13. The van der Waals surface area contributed by atoms with E-state index in [0.29, 0.717) is 0 Å². The summed E-state index contributed by atoms with van der Waals surface area (Å²) in [4.78, 5) is 13.6. The number of pyridine rings is 1. The maximum absolute atomic E-state index is 4.47. The van der Waals surface area contributed by atoms with Crippen molar-refractivity contribution in [2.45, 2.75) is 6.42 Å². The molecule has 0 bridgehead atoms. The van der Waals surface area contributed by atoms with Gasteiger partial charge in [-0.05, 0) is 42.3 Å². The van der Waals surface area contributed by atoms with Gasteiger partial charge in [0.25, 0.3) is 0 Å². The highest BCUT2D eigenvalue weighted by Gasteiger charge is 2.20. The summed E-state index contributed by atoms with van der Waals surface area (Å²) in [7, 11) is 1.85. The predicted molar refractivity (Wildman–Crippen MR) is 132 cm³/mol. The number of guanidine groups is 1. The molecule has 3 heterocycles. The van der Waals surface area contributed by atoms with Gasteiger partial charge in [-0.3, -0.25) is 4.99 Å². The van der Waals surface area contributed by atoms with Gasteiger partial charge in [0.05, 0.1) is 5.69 Å². The lowest BCUT2D eigenvalue weighted by Gasteiger charge is -2.37. The molecule has 0 aliphatic carbocycles. The van der Waals surface area contributed by atoms with Gasteiger partial charge >= 0.3 is 0 Å². The van der Waals surface area contributed by atoms with Crippen molar-refractivity contribution < 1.29 is 0 Å². The van der Waals surface area contributed by atoms with Gasteiger partial charge in [-0.25, -0.2) is 9.67 Å². The first-order valence-corrected chi connectivity index (χ1v) is 10.0. The van der Waals surface area contributed by atoms with Gasteiger partial charge in [0.15, 0.2) is 5.96 Å². The smallest absolute Gasteiger partial charge is 0.193 e. The molecule has 1 aliphatic rings. The summed E-state index contributed by atoms with van der Waals surface area (Å²) in [5, 5.41) is 7.77. The first kappa shape index (κ1) is 22.1. The van der Waals surface area contributed by atoms with Crippen molar-refractivity contribution in [2.75, 3.05) is 44.7 Å². The third-order valence-electron chi connectivity index (χ3n) is 5.17. The summed E-state index contributed by atoms with van der Waals surface area (Å²) >= 11 is 0. The summed E-state index contributed by atoms with van der Waals surface area (Å²) in [6, 6.07) is 16.5. The number of hydrogen-bond donors (Lipinski definition) is 1. The van der Waals surface area contributed by atoms with Crippen molar-refractivity contribution in [3.8, 4) is 5.69 Å². The summed E-state index contributed by atoms with van der Waals surface area (Å²) in [5.74, 6) is 2.02. The molecular weight excluding hydrogens is 489 g/mol. The molecule has 1 aromatic carbocycles. The Hall–Kier alpha value is -2.62. The molecule has 1 fully saturated rings. The minimum atomic E-state index is 0. The molecule has 158 valence electrons. The number of rotatable bonds is 5. The number of aromatic nitrogens is 3. The van der Waals surface area contributed by atoms with Crippen molar-refractivity contribution in [3.63, 3.8) is 0 Å². The Kier molecular flexibility index (Phi) is 8.06. The fourth-order valence-corrected chi connectivity index (χ4v) is 3.58. The van der Waals surface area contributed by atoms with Crippen LogP contribution in [0.1, 0.15) is 5.56 Å². The molecule has 8 heteroatoms. The van der Waals surface area contributed by atoms with Gasteiger partial charge in [0.1, 0.15) is 5.82 Å². The summed E-state index contributed by atoms with van der Waals surface area (Å²) in [5.41, 5.74) is 2.37. The minimum absolute atomic E-state index is 0. The molecule has 1 aliphatic heterocycles. The lowest BCUT2D eigenvalue weighted by Crippen LogP contribution is -2.53. The van der Waals surface area contributed by atoms with Gasteiger partial charge in [0.2, 0.25) is 0 Å². The number of benzene rings is 1. The van der Waals surface area contributed by atoms with Gasteiger partial charge in [0, 0.05) is 58.4 Å². The van der Waals surface area contributed by atoms with E-state index in [4.69, 9.17) is 0 Å². The average Bonchev–Trinajstić information content (AvgIpc) is 3.33. The Morgan fingerprint density at radius 2 is 1.80 bits per heavy atom. The van der Waals surface area contributed by atoms with Crippen LogP contribution in [0.2, 0.25) is 0 Å². The van der Waals surface area contributed by atoms with Crippen LogP contribution < -0.4 is 10.2 Å². The zero-order valence-corrected chi connectivity index (χ0v) is 19.5. The largest absolute Gasteiger partial charge is 0.356 e. The Balaban J connectivity index is 0.00000256. The zero-order chi connectivity index (χ0) is 19.9. The quantitative estimate of drug-likeness (QED) is 0.321. The third kappa shape index (κ3) is 5.50. The standard InChI is InChI=1S/C22H27N7.HI/c1-23-22(28-17-15-27(16-18-28)21-5-2-3-11-24-21)25-13-10-19-6-8-20(9-7-19)29-14-4-12-26-29;/h2-9,11-12,14H,10,13,15-18H2,1H3,(H,23,25);1H. The average molecular weight is 517 g/mol. The topological polar surface area (TPSA) is 61.6 Å². The first-order valence-electron chi connectivity index (χ1n) is 10.0. The lowest BCUT2D eigenvalue weighted by atomic mass is 10.1. The minimum Gasteiger partial charge on any atom is -0.356 e. The molecular formula is C22H28IN7. The molecule has 7 nitrogen and oxygen atoms in total. The van der Waals surface area contributed by atoms with Crippen molar-refractivity contribution in [2.24, 2.45) is 4.99 Å². The molecule has 0 saturated carbocycles. The maximum Gasteiger partial charge on any atom is 0.193 e. The number of nitrogens with zero attached hydrogens (tertiary/aromatic N) is 6. The van der Waals surface area contributed by atoms with E-state index < -0.39 is 0 Å². The van der Waals surface area contributed by atoms with Crippen LogP contribution in [0.3, 0.4) is 0 Å². The fourth-order valence-electron chi connectivity index (χ4n) is 3.58. The van der Waals surface area contributed by atoms with E-state index in [9.17, 15) is 0 Å². The summed E-state index contributed by atoms with van der Waals surface area (Å²) in [6.45, 7) is 4.64. The van der Waals surface area contributed by atoms with E-state index in [-0.39, 0.29) is 24.0 Å². The molecule has 0 unspecified atom stereocenters. The van der Waals surface area contributed by atoms with E-state index in [1.807, 2.05) is 42.3 Å². The molecule has 0 atom stereocenters. The molecule has 4 rings (SSSR count). The van der Waals surface area contributed by atoms with Crippen molar-refractivity contribution in [1.82, 2.24) is 25.0 Å². The van der Waals surface area contributed by atoms with Crippen molar-refractivity contribution in [1.29, 1.82) is 0 Å². The molecule has 30 heavy (non-hydrogen) atoms. The SMILES string of the molecule is CN=C(NCCc1ccc(-n2cccn2)cc1)N1CCN(c2ccccn2)CC1.I. The summed E-state index contributed by atoms with van der Waals surface area (Å²) < 4.78 is 1.87. The van der Waals surface area contributed by atoms with E-state index in [2.05, 4.69) is 60.5 Å². The number of aliphatic imine (C=N–C) groups is 1. The third-order valence-corrected chi connectivity index (χ3v) is 5.17. The van der Waals surface area contributed by atoms with Crippen LogP contribution in [0.25, 0.3) is 5.69 Å². The van der Waals surface area contributed by atoms with E-state index in [0.717, 1.165) is 56.6 Å². The van der Waals surface area contributed by atoms with Crippen LogP contribution in [0.15, 0.2) is 72.1 Å². The lowest BCUT2D eigenvalue weighted by molar-refractivity contribution is 0.372. The highest BCUT2D eigenvalue weighted by molar-refractivity contribution is 14.0. The zero-order valence-electron chi connectivity index (χ0n) is 17.2. The molecule has 0 radical (unpaired) electrons. The Bertz CT molecular complexity index is 902. The number of nitrogens with one attached hydrogen (secondary N) is 1. The second-order valence-electron chi connectivity index (χ2n) is 7.00. The molecule has 1 N–H and O–H groups in total. The van der Waals surface area contributed by atoms with E-state index >= 15 is 0 Å². The van der Waals surface area contributed by atoms with Crippen molar-refractivity contribution >= 4 is 35.8 Å². The monoisotopic (exact) mass is 517 g/mol. The van der Waals surface area contributed by atoms with Crippen LogP contribution in [0.5, 0.6) is 0 Å². The number of halogens is 1. The van der Waals surface area contributed by atoms with Crippen LogP contribution >= 0.6 is 24.0 Å². The van der Waals surface area contributed by atoms with Gasteiger partial charge < -0.3 is 15.1 Å². The second-order valence-corrected chi connectivity index (χ2v) is 7.00. The summed E-state index contributed by atoms with van der Waals surface area (Å²) in [6.07, 6.45) is 6.55. The molecule has 3 aromatic rings. The number of anilines is 1. The number of hydrogen-bond acceptors (Lipinski definition) is 4. The normalized spacial score (nSPS) is 14.4. The molecule has 0 spiro atoms. The fraction of sp³-hybridized carbons (Fsp3) is 0.318. The molecule has 0 amide bonds. The molecule has 2 aromatic heterocycles. The maximum atomic E-state index is 4.47. The van der Waals surface area contributed by atoms with E-state index in [1.165, 1.54) is 5.56 Å². The predicted octanol–water partition coefficient (Wildman–Crippen LogP) is 2.83. The van der Waals surface area contributed by atoms with Gasteiger partial charge in [-0.15, -0.1) is 24.0 Å². The van der Waals surface area contributed by atoms with Gasteiger partial charge in [-0.1, -0.05) is 18.2 Å². The van der Waals surface area contributed by atoms with Crippen molar-refractivity contribution in [3.05, 3.63) is 72.7 Å². The Morgan fingerprint density at radius 3 is 2.43 bits per heavy atom. The number of piperazine rings is 1. The van der Waals surface area contributed by atoms with Crippen LogP contribution in [-0.2, 0) is 6.42 Å². The Morgan fingerprint density at radius 1 is 1.00 bits per heavy atom. The highest BCUT2D eigenvalue weighted by atomic mass is 127. The van der Waals surface area contributed by atoms with Crippen LogP contribution in [-0.4, -0.2) is 65.4 Å².